The van der Waals surface area contributed by atoms with Crippen molar-refractivity contribution in [1.82, 2.24) is 0 Å². The molecule has 0 aromatic heterocycles. The molecule has 0 bridgehead atoms. The molecule has 0 saturated carbocycles. The van der Waals surface area contributed by atoms with E-state index in [2.05, 4.69) is 295 Å². The molecular formula is C72H60N2. The molecule has 0 radical (unpaired) electrons. The highest BCUT2D eigenvalue weighted by atomic mass is 15.2. The third-order valence-electron chi connectivity index (χ3n) is 15.3. The average molecular weight is 953 g/mol. The van der Waals surface area contributed by atoms with Crippen LogP contribution in [0.25, 0.3) is 76.8 Å². The maximum atomic E-state index is 2.58. The summed E-state index contributed by atoms with van der Waals surface area (Å²) < 4.78 is 0. The normalized spacial score (nSPS) is 11.7. The number of anilines is 6. The van der Waals surface area contributed by atoms with Crippen molar-refractivity contribution in [3.05, 3.63) is 264 Å². The van der Waals surface area contributed by atoms with E-state index >= 15 is 0 Å². The third-order valence-corrected chi connectivity index (χ3v) is 15.3. The molecule has 0 aliphatic heterocycles. The maximum absolute atomic E-state index is 2.58. The van der Waals surface area contributed by atoms with E-state index in [0.29, 0.717) is 0 Å². The summed E-state index contributed by atoms with van der Waals surface area (Å²) >= 11 is 0. The van der Waals surface area contributed by atoms with Gasteiger partial charge >= 0.3 is 0 Å². The number of aryl methyl sites for hydroxylation is 4. The van der Waals surface area contributed by atoms with E-state index in [4.69, 9.17) is 0 Å². The largest absolute Gasteiger partial charge is 0.309 e. The fourth-order valence-electron chi connectivity index (χ4n) is 11.4. The smallest absolute Gasteiger partial charge is 0.0561 e. The van der Waals surface area contributed by atoms with Gasteiger partial charge in [-0.05, 0) is 141 Å². The fourth-order valence-corrected chi connectivity index (χ4v) is 11.4. The van der Waals surface area contributed by atoms with Crippen molar-refractivity contribution in [3.63, 3.8) is 0 Å². The number of para-hydroxylation sites is 2. The zero-order chi connectivity index (χ0) is 50.7. The molecule has 12 aromatic carbocycles. The number of hydrogen-bond acceptors (Lipinski definition) is 2. The predicted octanol–water partition coefficient (Wildman–Crippen LogP) is 20.7. The first-order valence-corrected chi connectivity index (χ1v) is 26.0. The van der Waals surface area contributed by atoms with E-state index in [1.807, 2.05) is 0 Å². The van der Waals surface area contributed by atoms with Crippen molar-refractivity contribution in [3.8, 4) is 44.5 Å². The van der Waals surface area contributed by atoms with Gasteiger partial charge in [0.25, 0.3) is 0 Å². The van der Waals surface area contributed by atoms with Crippen molar-refractivity contribution in [2.24, 2.45) is 0 Å². The van der Waals surface area contributed by atoms with Crippen LogP contribution in [0.5, 0.6) is 0 Å². The summed E-state index contributed by atoms with van der Waals surface area (Å²) in [6.07, 6.45) is 0. The average Bonchev–Trinajstić information content (AvgIpc) is 3.43. The highest BCUT2D eigenvalue weighted by Gasteiger charge is 2.29. The van der Waals surface area contributed by atoms with E-state index in [-0.39, 0.29) is 5.41 Å². The molecule has 0 aliphatic rings. The SMILES string of the molecule is Cc1ccccc1-c1ccc(C)c(N(c2ccccc2-c2ccccc2)c2cc(N(c3cc(-c4ccccc4C)ccc3C)c3ccccc3-c3ccccc3)c3ccc4cc(C(C)(C)C)cc5ccc2c3c54)c1. The highest BCUT2D eigenvalue weighted by Crippen LogP contribution is 2.54. The standard InChI is InChI=1S/C72H60N2/c1-47-22-14-16-28-58(47)53-36-34-49(3)66(44-53)73(64-32-20-18-30-60(64)51-24-10-8-11-25-51)68-46-69(63-41-39-56-43-57(72(5,6)7)42-55-38-40-62(68)71(63)70(55)56)74(65-33-21-19-31-61(65)52-26-12-9-13-27-52)67-45-54(37-35-50(67)4)59-29-17-15-23-48(59)2/h8-46H,1-7H3. The molecule has 0 unspecified atom stereocenters. The van der Waals surface area contributed by atoms with Gasteiger partial charge in [0, 0.05) is 38.7 Å². The molecule has 0 spiro atoms. The summed E-state index contributed by atoms with van der Waals surface area (Å²) in [6, 6.07) is 88.2. The van der Waals surface area contributed by atoms with Gasteiger partial charge in [-0.25, -0.2) is 0 Å². The molecule has 74 heavy (non-hydrogen) atoms. The Morgan fingerprint density at radius 3 is 1.08 bits per heavy atom. The van der Waals surface area contributed by atoms with Crippen LogP contribution in [0.3, 0.4) is 0 Å². The molecule has 0 fully saturated rings. The molecule has 0 amide bonds. The molecule has 0 aliphatic carbocycles. The zero-order valence-corrected chi connectivity index (χ0v) is 43.4. The lowest BCUT2D eigenvalue weighted by atomic mass is 9.83. The Balaban J connectivity index is 1.26. The van der Waals surface area contributed by atoms with Crippen molar-refractivity contribution >= 4 is 66.4 Å². The van der Waals surface area contributed by atoms with Crippen LogP contribution in [-0.2, 0) is 5.41 Å². The van der Waals surface area contributed by atoms with Gasteiger partial charge in [-0.1, -0.05) is 227 Å². The summed E-state index contributed by atoms with van der Waals surface area (Å²) in [4.78, 5) is 5.15. The van der Waals surface area contributed by atoms with Crippen molar-refractivity contribution in [2.45, 2.75) is 53.9 Å². The first kappa shape index (κ1) is 46.4. The van der Waals surface area contributed by atoms with Gasteiger partial charge in [0.1, 0.15) is 0 Å². The topological polar surface area (TPSA) is 6.48 Å². The van der Waals surface area contributed by atoms with Crippen LogP contribution in [0.15, 0.2) is 237 Å². The van der Waals surface area contributed by atoms with Gasteiger partial charge in [0.2, 0.25) is 0 Å². The van der Waals surface area contributed by atoms with Crippen molar-refractivity contribution < 1.29 is 0 Å². The summed E-state index contributed by atoms with van der Waals surface area (Å²) in [5, 5.41) is 7.40. The van der Waals surface area contributed by atoms with Gasteiger partial charge in [0.15, 0.2) is 0 Å². The third kappa shape index (κ3) is 8.17. The maximum Gasteiger partial charge on any atom is 0.0561 e. The van der Waals surface area contributed by atoms with Gasteiger partial charge in [-0.15, -0.1) is 0 Å². The minimum Gasteiger partial charge on any atom is -0.309 e. The van der Waals surface area contributed by atoms with E-state index in [1.54, 1.807) is 0 Å². The van der Waals surface area contributed by atoms with Gasteiger partial charge < -0.3 is 9.80 Å². The lowest BCUT2D eigenvalue weighted by Crippen LogP contribution is -2.17. The molecule has 358 valence electrons. The molecule has 12 rings (SSSR count). The monoisotopic (exact) mass is 952 g/mol. The van der Waals surface area contributed by atoms with Crippen LogP contribution in [0.1, 0.15) is 48.6 Å². The Hall–Kier alpha value is -8.72. The Morgan fingerprint density at radius 1 is 0.270 bits per heavy atom. The van der Waals surface area contributed by atoms with Crippen LogP contribution >= 0.6 is 0 Å². The summed E-state index contributed by atoms with van der Waals surface area (Å²) in [6.45, 7) is 15.9. The molecule has 0 heterocycles. The first-order chi connectivity index (χ1) is 36.0. The minimum atomic E-state index is -0.0318. The van der Waals surface area contributed by atoms with E-state index in [0.717, 1.165) is 56.4 Å². The van der Waals surface area contributed by atoms with E-state index < -0.39 is 0 Å². The molecule has 2 nitrogen and oxygen atoms in total. The van der Waals surface area contributed by atoms with Gasteiger partial charge in [0.05, 0.1) is 22.7 Å². The number of benzene rings is 12. The fraction of sp³-hybridized carbons (Fsp3) is 0.111. The van der Waals surface area contributed by atoms with Crippen LogP contribution in [-0.4, -0.2) is 0 Å². The molecule has 0 saturated heterocycles. The van der Waals surface area contributed by atoms with E-state index in [1.165, 1.54) is 82.4 Å². The van der Waals surface area contributed by atoms with Gasteiger partial charge in [-0.2, -0.15) is 0 Å². The quantitative estimate of drug-likeness (QED) is 0.126. The van der Waals surface area contributed by atoms with Gasteiger partial charge in [-0.3, -0.25) is 0 Å². The first-order valence-electron chi connectivity index (χ1n) is 26.0. The van der Waals surface area contributed by atoms with Crippen LogP contribution < -0.4 is 9.80 Å². The van der Waals surface area contributed by atoms with Crippen LogP contribution in [0.2, 0.25) is 0 Å². The summed E-state index contributed by atoms with van der Waals surface area (Å²) in [5.74, 6) is 0. The van der Waals surface area contributed by atoms with Crippen LogP contribution in [0.4, 0.5) is 34.1 Å². The lowest BCUT2D eigenvalue weighted by molar-refractivity contribution is 0.591. The Kier molecular flexibility index (Phi) is 11.7. The molecule has 12 aromatic rings. The Morgan fingerprint density at radius 2 is 0.662 bits per heavy atom. The molecule has 2 heteroatoms. The molecule has 0 atom stereocenters. The summed E-state index contributed by atoms with van der Waals surface area (Å²) in [5.41, 5.74) is 22.3. The van der Waals surface area contributed by atoms with Crippen LogP contribution in [0, 0.1) is 27.7 Å². The molecular weight excluding hydrogens is 893 g/mol. The number of nitrogens with zero attached hydrogens (tertiary/aromatic N) is 2. The zero-order valence-electron chi connectivity index (χ0n) is 43.4. The second kappa shape index (κ2) is 18.7. The molecule has 0 N–H and O–H groups in total. The second-order valence-electron chi connectivity index (χ2n) is 21.1. The second-order valence-corrected chi connectivity index (χ2v) is 21.1. The summed E-state index contributed by atoms with van der Waals surface area (Å²) in [7, 11) is 0. The number of hydrogen-bond donors (Lipinski definition) is 0. The Bertz CT molecular complexity index is 3800. The van der Waals surface area contributed by atoms with Crippen molar-refractivity contribution in [1.29, 1.82) is 0 Å². The lowest BCUT2D eigenvalue weighted by Gasteiger charge is -2.35. The van der Waals surface area contributed by atoms with Crippen molar-refractivity contribution in [2.75, 3.05) is 9.80 Å². The predicted molar refractivity (Wildman–Crippen MR) is 319 cm³/mol. The highest BCUT2D eigenvalue weighted by molar-refractivity contribution is 6.29. The number of rotatable bonds is 10. The minimum absolute atomic E-state index is 0.0318. The Labute approximate surface area is 436 Å². The van der Waals surface area contributed by atoms with E-state index in [9.17, 15) is 0 Å².